The molecule has 1 aromatic carbocycles. The van der Waals surface area contributed by atoms with Gasteiger partial charge in [-0.1, -0.05) is 6.07 Å². The highest BCUT2D eigenvalue weighted by molar-refractivity contribution is 6.04. The van der Waals surface area contributed by atoms with E-state index in [0.717, 1.165) is 14.7 Å². The molecule has 1 N–H and O–H groups in total. The molecule has 1 unspecified atom stereocenters. The van der Waals surface area contributed by atoms with E-state index in [-0.39, 0.29) is 30.4 Å². The Labute approximate surface area is 158 Å². The highest BCUT2D eigenvalue weighted by Crippen LogP contribution is 2.39. The maximum absolute atomic E-state index is 12.6. The molecule has 1 atom stereocenters. The summed E-state index contributed by atoms with van der Waals surface area (Å²) in [6.07, 6.45) is 0.195. The number of benzene rings is 1. The van der Waals surface area contributed by atoms with Gasteiger partial charge in [0.1, 0.15) is 5.56 Å². The number of aromatic nitrogens is 2. The lowest BCUT2D eigenvalue weighted by atomic mass is 9.98. The van der Waals surface area contributed by atoms with Gasteiger partial charge in [-0.15, -0.1) is 0 Å². The molecule has 0 bridgehead atoms. The quantitative estimate of drug-likeness (QED) is 0.789. The zero-order valence-electron chi connectivity index (χ0n) is 15.5. The Balaban J connectivity index is 1.80. The average molecular weight is 386 g/mol. The number of hydrazone groups is 1. The Morgan fingerprint density at radius 1 is 1.18 bits per heavy atom. The highest BCUT2D eigenvalue weighted by Gasteiger charge is 2.35. The van der Waals surface area contributed by atoms with E-state index >= 15 is 0 Å². The minimum Gasteiger partial charge on any atom is -0.494 e. The summed E-state index contributed by atoms with van der Waals surface area (Å²) in [7, 11) is 2.68. The van der Waals surface area contributed by atoms with Gasteiger partial charge in [-0.25, -0.2) is 9.80 Å². The third kappa shape index (κ3) is 2.56. The van der Waals surface area contributed by atoms with Crippen LogP contribution in [0.5, 0.6) is 17.4 Å². The van der Waals surface area contributed by atoms with Gasteiger partial charge in [0.25, 0.3) is 5.56 Å². The van der Waals surface area contributed by atoms with E-state index in [1.54, 1.807) is 18.2 Å². The van der Waals surface area contributed by atoms with Crippen LogP contribution >= 0.6 is 0 Å². The third-order valence-corrected chi connectivity index (χ3v) is 4.94. The Morgan fingerprint density at radius 2 is 1.89 bits per heavy atom. The molecule has 4 rings (SSSR count). The molecule has 2 aliphatic rings. The summed E-state index contributed by atoms with van der Waals surface area (Å²) in [4.78, 5) is 36.7. The number of amides is 1. The topological polar surface area (TPSA) is 115 Å². The second-order valence-corrected chi connectivity index (χ2v) is 6.65. The summed E-state index contributed by atoms with van der Waals surface area (Å²) in [5, 5.41) is 15.9. The lowest BCUT2D eigenvalue weighted by Crippen LogP contribution is -2.39. The van der Waals surface area contributed by atoms with E-state index < -0.39 is 23.2 Å². The molecule has 0 saturated carbocycles. The van der Waals surface area contributed by atoms with E-state index in [4.69, 9.17) is 9.47 Å². The van der Waals surface area contributed by atoms with Gasteiger partial charge in [-0.3, -0.25) is 18.7 Å². The lowest BCUT2D eigenvalue weighted by molar-refractivity contribution is -0.130. The van der Waals surface area contributed by atoms with Crippen LogP contribution in [0.1, 0.15) is 30.5 Å². The minimum atomic E-state index is -0.672. The van der Waals surface area contributed by atoms with E-state index in [9.17, 15) is 19.5 Å². The number of carbonyl (C=O) groups excluding carboxylic acids is 1. The molecule has 2 aromatic rings. The molecular formula is C18H18N4O6. The van der Waals surface area contributed by atoms with Gasteiger partial charge in [-0.2, -0.15) is 5.10 Å². The molecule has 2 aliphatic heterocycles. The van der Waals surface area contributed by atoms with Gasteiger partial charge in [0.05, 0.1) is 11.8 Å². The molecule has 0 fully saturated rings. The van der Waals surface area contributed by atoms with Crippen molar-refractivity contribution in [1.82, 2.24) is 14.1 Å². The van der Waals surface area contributed by atoms with E-state index in [0.29, 0.717) is 11.5 Å². The van der Waals surface area contributed by atoms with Crippen LogP contribution in [0, 0.1) is 0 Å². The maximum atomic E-state index is 12.6. The van der Waals surface area contributed by atoms with Gasteiger partial charge < -0.3 is 14.6 Å². The fraction of sp³-hybridized carbons (Fsp3) is 0.333. The van der Waals surface area contributed by atoms with Crippen molar-refractivity contribution in [3.8, 4) is 17.4 Å². The van der Waals surface area contributed by atoms with E-state index in [1.807, 2.05) is 0 Å². The molecule has 10 heteroatoms. The van der Waals surface area contributed by atoms with Gasteiger partial charge in [0.15, 0.2) is 11.5 Å². The number of hydrogen-bond donors (Lipinski definition) is 1. The van der Waals surface area contributed by atoms with Gasteiger partial charge in [0.2, 0.25) is 18.6 Å². The Morgan fingerprint density at radius 3 is 2.61 bits per heavy atom. The monoisotopic (exact) mass is 386 g/mol. The van der Waals surface area contributed by atoms with Crippen LogP contribution in [-0.4, -0.2) is 37.7 Å². The number of ether oxygens (including phenoxy) is 2. The number of carbonyl (C=O) groups is 1. The van der Waals surface area contributed by atoms with Crippen LogP contribution in [0.3, 0.4) is 0 Å². The number of nitrogens with zero attached hydrogens (tertiary/aromatic N) is 4. The summed E-state index contributed by atoms with van der Waals surface area (Å²) in [6, 6.07) is 4.82. The van der Waals surface area contributed by atoms with Crippen molar-refractivity contribution >= 4 is 11.6 Å². The van der Waals surface area contributed by atoms with Crippen molar-refractivity contribution in [2.24, 2.45) is 19.2 Å². The Bertz CT molecular complexity index is 1150. The predicted octanol–water partition coefficient (Wildman–Crippen LogP) is 0.216. The van der Waals surface area contributed by atoms with Crippen LogP contribution < -0.4 is 20.7 Å². The molecule has 28 heavy (non-hydrogen) atoms. The van der Waals surface area contributed by atoms with E-state index in [1.165, 1.54) is 26.0 Å². The zero-order chi connectivity index (χ0) is 20.2. The molecule has 0 radical (unpaired) electrons. The first-order valence-electron chi connectivity index (χ1n) is 8.55. The van der Waals surface area contributed by atoms with Gasteiger partial charge in [-0.05, 0) is 17.7 Å². The molecule has 3 heterocycles. The summed E-state index contributed by atoms with van der Waals surface area (Å²) < 4.78 is 12.6. The predicted molar refractivity (Wildman–Crippen MR) is 97.6 cm³/mol. The molecule has 0 saturated heterocycles. The SMILES string of the molecule is CC(=O)N1N=C(c2c(O)n(C)c(=O)n(C)c2=O)CC1c1ccc2c(c1)OCO2. The van der Waals surface area contributed by atoms with Gasteiger partial charge in [0, 0.05) is 27.4 Å². The first kappa shape index (κ1) is 17.8. The second kappa shape index (κ2) is 6.25. The van der Waals surface area contributed by atoms with Crippen molar-refractivity contribution in [3.05, 3.63) is 50.2 Å². The molecule has 146 valence electrons. The Kier molecular flexibility index (Phi) is 3.98. The standard InChI is InChI=1S/C18H18N4O6/c1-9(23)22-12(10-4-5-13-14(6-10)28-8-27-13)7-11(19-22)15-16(24)20(2)18(26)21(3)17(15)25/h4-6,12,24H,7-8H2,1-3H3. The third-order valence-electron chi connectivity index (χ3n) is 4.94. The second-order valence-electron chi connectivity index (χ2n) is 6.65. The fourth-order valence-electron chi connectivity index (χ4n) is 3.42. The fourth-order valence-corrected chi connectivity index (χ4v) is 3.42. The highest BCUT2D eigenvalue weighted by atomic mass is 16.7. The number of fused-ring (bicyclic) bond motifs is 1. The molecule has 10 nitrogen and oxygen atoms in total. The summed E-state index contributed by atoms with van der Waals surface area (Å²) in [5.41, 5.74) is -0.445. The van der Waals surface area contributed by atoms with Crippen molar-refractivity contribution in [1.29, 1.82) is 0 Å². The first-order chi connectivity index (χ1) is 13.3. The van der Waals surface area contributed by atoms with Crippen LogP contribution in [0.15, 0.2) is 32.9 Å². The molecular weight excluding hydrogens is 368 g/mol. The molecule has 1 aromatic heterocycles. The number of aromatic hydroxyl groups is 1. The van der Waals surface area contributed by atoms with Crippen molar-refractivity contribution < 1.29 is 19.4 Å². The van der Waals surface area contributed by atoms with Crippen LogP contribution in [-0.2, 0) is 18.9 Å². The van der Waals surface area contributed by atoms with Gasteiger partial charge >= 0.3 is 5.69 Å². The van der Waals surface area contributed by atoms with Crippen molar-refractivity contribution in [2.45, 2.75) is 19.4 Å². The number of rotatable bonds is 2. The molecule has 0 spiro atoms. The van der Waals surface area contributed by atoms with Crippen molar-refractivity contribution in [3.63, 3.8) is 0 Å². The normalized spacial score (nSPS) is 17.8. The van der Waals surface area contributed by atoms with Crippen LogP contribution in [0.4, 0.5) is 0 Å². The van der Waals surface area contributed by atoms with E-state index in [2.05, 4.69) is 5.10 Å². The lowest BCUT2D eigenvalue weighted by Gasteiger charge is -2.20. The van der Waals surface area contributed by atoms with Crippen LogP contribution in [0.25, 0.3) is 0 Å². The molecule has 0 aliphatic carbocycles. The minimum absolute atomic E-state index is 0.0981. The smallest absolute Gasteiger partial charge is 0.333 e. The summed E-state index contributed by atoms with van der Waals surface area (Å²) >= 11 is 0. The molecule has 1 amide bonds. The first-order valence-corrected chi connectivity index (χ1v) is 8.55. The Hall–Kier alpha value is -3.56. The summed E-state index contributed by atoms with van der Waals surface area (Å²) in [6.45, 7) is 1.49. The number of hydrogen-bond acceptors (Lipinski definition) is 7. The van der Waals surface area contributed by atoms with Crippen LogP contribution in [0.2, 0.25) is 0 Å². The van der Waals surface area contributed by atoms with Crippen molar-refractivity contribution in [2.75, 3.05) is 6.79 Å². The summed E-state index contributed by atoms with van der Waals surface area (Å²) in [5.74, 6) is 0.373. The average Bonchev–Trinajstić information content (AvgIpc) is 3.31. The zero-order valence-corrected chi connectivity index (χ0v) is 15.5. The largest absolute Gasteiger partial charge is 0.494 e. The maximum Gasteiger partial charge on any atom is 0.333 e.